The Labute approximate surface area is 113 Å². The normalized spacial score (nSPS) is 18.3. The molecule has 0 amide bonds. The third-order valence-corrected chi connectivity index (χ3v) is 3.08. The van der Waals surface area contributed by atoms with Crippen LogP contribution in [-0.2, 0) is 4.79 Å². The van der Waals surface area contributed by atoms with Crippen molar-refractivity contribution in [2.24, 2.45) is 0 Å². The van der Waals surface area contributed by atoms with Crippen LogP contribution in [0.4, 0.5) is 5.82 Å². The van der Waals surface area contributed by atoms with Crippen molar-refractivity contribution in [2.75, 3.05) is 25.5 Å². The number of hydrogen-bond acceptors (Lipinski definition) is 6. The van der Waals surface area contributed by atoms with Crippen LogP contribution in [0.2, 0.25) is 0 Å². The number of carbonyl (C=O) groups excluding carboxylic acids is 1. The van der Waals surface area contributed by atoms with Gasteiger partial charge in [0, 0.05) is 19.1 Å². The Morgan fingerprint density at radius 2 is 2.56 bits per heavy atom. The number of hydrogen-bond donors (Lipinski definition) is 1. The average Bonchev–Trinajstić information content (AvgIpc) is 2.79. The van der Waals surface area contributed by atoms with Gasteiger partial charge in [-0.05, 0) is 22.4 Å². The zero-order chi connectivity index (χ0) is 13.0. The molecule has 0 bridgehead atoms. The lowest BCUT2D eigenvalue weighted by Gasteiger charge is -2.15. The number of halogens is 1. The van der Waals surface area contributed by atoms with E-state index >= 15 is 0 Å². The number of ether oxygens (including phenoxy) is 1. The molecule has 1 N–H and O–H groups in total. The van der Waals surface area contributed by atoms with Crippen molar-refractivity contribution in [3.63, 3.8) is 0 Å². The van der Waals surface area contributed by atoms with Crippen molar-refractivity contribution in [2.45, 2.75) is 12.5 Å². The summed E-state index contributed by atoms with van der Waals surface area (Å²) in [6.07, 6.45) is 3.98. The molecule has 96 valence electrons. The first-order chi connectivity index (χ1) is 8.72. The van der Waals surface area contributed by atoms with Crippen molar-refractivity contribution in [1.29, 1.82) is 0 Å². The second-order valence-corrected chi connectivity index (χ2v) is 4.73. The van der Waals surface area contributed by atoms with Gasteiger partial charge in [0.2, 0.25) is 0 Å². The number of anilines is 1. The number of nitrogens with zero attached hydrogens (tertiary/aromatic N) is 3. The predicted octanol–water partition coefficient (Wildman–Crippen LogP) is 1.08. The van der Waals surface area contributed by atoms with Gasteiger partial charge in [-0.15, -0.1) is 0 Å². The fourth-order valence-corrected chi connectivity index (χ4v) is 2.15. The highest BCUT2D eigenvalue weighted by Gasteiger charge is 2.22. The van der Waals surface area contributed by atoms with E-state index in [1.54, 1.807) is 19.2 Å². The molecule has 6 nitrogen and oxygen atoms in total. The van der Waals surface area contributed by atoms with Gasteiger partial charge in [0.1, 0.15) is 10.5 Å². The Balaban J connectivity index is 2.04. The number of methoxy groups -OCH3 is 1. The van der Waals surface area contributed by atoms with Crippen molar-refractivity contribution in [1.82, 2.24) is 14.9 Å². The molecule has 0 saturated carbocycles. The summed E-state index contributed by atoms with van der Waals surface area (Å²) in [6, 6.07) is 0.221. The molecule has 1 aromatic rings. The smallest absolute Gasteiger partial charge is 0.258 e. The Kier molecular flexibility index (Phi) is 4.17. The first-order valence-electron chi connectivity index (χ1n) is 5.51. The van der Waals surface area contributed by atoms with Crippen LogP contribution in [0.15, 0.2) is 17.0 Å². The lowest BCUT2D eigenvalue weighted by Crippen LogP contribution is -2.24. The maximum Gasteiger partial charge on any atom is 0.258 e. The Bertz CT molecular complexity index is 476. The van der Waals surface area contributed by atoms with Crippen LogP contribution in [0.3, 0.4) is 0 Å². The van der Waals surface area contributed by atoms with Crippen molar-refractivity contribution >= 4 is 27.7 Å². The maximum atomic E-state index is 10.3. The molecule has 0 aliphatic carbocycles. The van der Waals surface area contributed by atoms with Crippen LogP contribution in [0, 0.1) is 0 Å². The van der Waals surface area contributed by atoms with Crippen LogP contribution >= 0.6 is 15.9 Å². The van der Waals surface area contributed by atoms with Gasteiger partial charge in [0.05, 0.1) is 19.5 Å². The second kappa shape index (κ2) is 5.84. The summed E-state index contributed by atoms with van der Waals surface area (Å²) in [6.45, 7) is 1.58. The van der Waals surface area contributed by atoms with Gasteiger partial charge in [-0.3, -0.25) is 0 Å². The van der Waals surface area contributed by atoms with Crippen LogP contribution in [0.5, 0.6) is 5.88 Å². The summed E-state index contributed by atoms with van der Waals surface area (Å²) in [7, 11) is 1.55. The van der Waals surface area contributed by atoms with Gasteiger partial charge in [-0.2, -0.15) is 0 Å². The zero-order valence-electron chi connectivity index (χ0n) is 9.89. The van der Waals surface area contributed by atoms with Crippen LogP contribution in [-0.4, -0.2) is 47.1 Å². The largest absolute Gasteiger partial charge is 0.478 e. The molecule has 1 fully saturated rings. The summed E-state index contributed by atoms with van der Waals surface area (Å²) in [5.41, 5.74) is 0. The number of rotatable bonds is 4. The fourth-order valence-electron chi connectivity index (χ4n) is 1.88. The van der Waals surface area contributed by atoms with Crippen LogP contribution < -0.4 is 10.1 Å². The Morgan fingerprint density at radius 3 is 3.28 bits per heavy atom. The van der Waals surface area contributed by atoms with E-state index in [9.17, 15) is 4.79 Å². The summed E-state index contributed by atoms with van der Waals surface area (Å²) in [5.74, 6) is 2.85. The molecule has 1 aromatic heterocycles. The molecule has 1 saturated heterocycles. The molecule has 7 heteroatoms. The molecule has 0 spiro atoms. The molecule has 18 heavy (non-hydrogen) atoms. The lowest BCUT2D eigenvalue weighted by molar-refractivity contribution is 0.396. The number of aromatic nitrogens is 2. The Hall–Kier alpha value is -1.59. The molecule has 0 radical (unpaired) electrons. The molecule has 2 heterocycles. The van der Waals surface area contributed by atoms with Gasteiger partial charge in [0.25, 0.3) is 5.88 Å². The third kappa shape index (κ3) is 3.00. The van der Waals surface area contributed by atoms with E-state index in [1.165, 1.54) is 6.20 Å². The van der Waals surface area contributed by atoms with Crippen LogP contribution in [0.1, 0.15) is 6.42 Å². The fraction of sp³-hybridized carbons (Fsp3) is 0.455. The molecular weight excluding hydrogens is 300 g/mol. The third-order valence-electron chi connectivity index (χ3n) is 2.70. The summed E-state index contributed by atoms with van der Waals surface area (Å²) >= 11 is 3.24. The SMILES string of the molecule is COc1nc(Br)cnc1N[C@H]1CCN(C=C=O)C1. The molecular formula is C11H13BrN4O2. The second-order valence-electron chi connectivity index (χ2n) is 3.92. The highest BCUT2D eigenvalue weighted by Crippen LogP contribution is 2.23. The summed E-state index contributed by atoms with van der Waals surface area (Å²) in [4.78, 5) is 20.6. The van der Waals surface area contributed by atoms with Crippen molar-refractivity contribution in [3.05, 3.63) is 17.0 Å². The molecule has 0 unspecified atom stereocenters. The average molecular weight is 313 g/mol. The highest BCUT2D eigenvalue weighted by molar-refractivity contribution is 9.10. The van der Waals surface area contributed by atoms with E-state index in [0.29, 0.717) is 16.3 Å². The first-order valence-corrected chi connectivity index (χ1v) is 6.30. The van der Waals surface area contributed by atoms with E-state index in [0.717, 1.165) is 19.5 Å². The quantitative estimate of drug-likeness (QED) is 0.839. The van der Waals surface area contributed by atoms with Gasteiger partial charge < -0.3 is 15.0 Å². The van der Waals surface area contributed by atoms with E-state index in [2.05, 4.69) is 31.2 Å². The highest BCUT2D eigenvalue weighted by atomic mass is 79.9. The van der Waals surface area contributed by atoms with Gasteiger partial charge >= 0.3 is 0 Å². The molecule has 2 rings (SSSR count). The molecule has 1 atom stereocenters. The van der Waals surface area contributed by atoms with E-state index < -0.39 is 0 Å². The van der Waals surface area contributed by atoms with Gasteiger partial charge in [-0.1, -0.05) is 0 Å². The summed E-state index contributed by atoms with van der Waals surface area (Å²) < 4.78 is 5.79. The minimum atomic E-state index is 0.221. The monoisotopic (exact) mass is 312 g/mol. The minimum absolute atomic E-state index is 0.221. The Morgan fingerprint density at radius 1 is 1.72 bits per heavy atom. The number of nitrogens with one attached hydrogen (secondary N) is 1. The maximum absolute atomic E-state index is 10.3. The first kappa shape index (κ1) is 12.9. The topological polar surface area (TPSA) is 67.4 Å². The molecule has 1 aliphatic heterocycles. The molecule has 1 aliphatic rings. The van der Waals surface area contributed by atoms with Crippen LogP contribution in [0.25, 0.3) is 0 Å². The van der Waals surface area contributed by atoms with E-state index in [-0.39, 0.29) is 6.04 Å². The van der Waals surface area contributed by atoms with E-state index in [4.69, 9.17) is 4.74 Å². The van der Waals surface area contributed by atoms with E-state index in [1.807, 2.05) is 4.90 Å². The predicted molar refractivity (Wildman–Crippen MR) is 70.1 cm³/mol. The molecule has 0 aromatic carbocycles. The van der Waals surface area contributed by atoms with Gasteiger partial charge in [0.15, 0.2) is 5.82 Å². The summed E-state index contributed by atoms with van der Waals surface area (Å²) in [5, 5.41) is 3.27. The van der Waals surface area contributed by atoms with Crippen molar-refractivity contribution < 1.29 is 9.53 Å². The standard InChI is InChI=1S/C11H13BrN4O2/c1-18-11-10(13-6-9(12)15-11)14-8-2-3-16(7-8)4-5-17/h4,6,8H,2-3,7H2,1H3,(H,13,14)/t8-/m0/s1. The number of likely N-dealkylation sites (tertiary alicyclic amines) is 1. The van der Waals surface area contributed by atoms with Gasteiger partial charge in [-0.25, -0.2) is 14.8 Å². The lowest BCUT2D eigenvalue weighted by atomic mass is 10.2. The zero-order valence-corrected chi connectivity index (χ0v) is 11.5. The van der Waals surface area contributed by atoms with Crippen molar-refractivity contribution in [3.8, 4) is 5.88 Å². The minimum Gasteiger partial charge on any atom is -0.478 e.